The maximum absolute atomic E-state index is 12.2. The molecule has 1 saturated heterocycles. The molecular formula is C15H18N4O2. The van der Waals surface area contributed by atoms with Crippen molar-refractivity contribution in [2.75, 3.05) is 13.6 Å². The summed E-state index contributed by atoms with van der Waals surface area (Å²) in [6, 6.07) is 3.62. The first-order valence-corrected chi connectivity index (χ1v) is 6.97. The number of imidazole rings is 1. The molecule has 1 atom stereocenters. The minimum absolute atomic E-state index is 0.0652. The van der Waals surface area contributed by atoms with Gasteiger partial charge in [0, 0.05) is 58.1 Å². The number of likely N-dealkylation sites (tertiary alicyclic amines) is 1. The van der Waals surface area contributed by atoms with E-state index in [-0.39, 0.29) is 17.4 Å². The number of nitrogens with zero attached hydrogens (tertiary/aromatic N) is 4. The van der Waals surface area contributed by atoms with Crippen molar-refractivity contribution in [2.24, 2.45) is 13.0 Å². The third-order valence-electron chi connectivity index (χ3n) is 3.96. The summed E-state index contributed by atoms with van der Waals surface area (Å²) in [4.78, 5) is 29.9. The van der Waals surface area contributed by atoms with Crippen LogP contribution in [-0.4, -0.2) is 38.5 Å². The van der Waals surface area contributed by atoms with Crippen LogP contribution in [0.25, 0.3) is 11.4 Å². The van der Waals surface area contributed by atoms with Crippen LogP contribution in [0.5, 0.6) is 0 Å². The highest BCUT2D eigenvalue weighted by Gasteiger charge is 2.27. The van der Waals surface area contributed by atoms with Gasteiger partial charge in [0.15, 0.2) is 0 Å². The lowest BCUT2D eigenvalue weighted by Crippen LogP contribution is -2.21. The van der Waals surface area contributed by atoms with E-state index < -0.39 is 0 Å². The minimum Gasteiger partial charge on any atom is -0.345 e. The van der Waals surface area contributed by atoms with Gasteiger partial charge in [-0.1, -0.05) is 0 Å². The predicted molar refractivity (Wildman–Crippen MR) is 78.6 cm³/mol. The average molecular weight is 286 g/mol. The summed E-state index contributed by atoms with van der Waals surface area (Å²) in [7, 11) is 3.55. The molecule has 6 nitrogen and oxygen atoms in total. The van der Waals surface area contributed by atoms with E-state index in [1.54, 1.807) is 35.0 Å². The third kappa shape index (κ3) is 2.49. The Morgan fingerprint density at radius 2 is 2.10 bits per heavy atom. The monoisotopic (exact) mass is 286 g/mol. The van der Waals surface area contributed by atoms with Gasteiger partial charge in [0.25, 0.3) is 5.56 Å². The van der Waals surface area contributed by atoms with E-state index in [1.807, 2.05) is 23.9 Å². The van der Waals surface area contributed by atoms with Gasteiger partial charge in [-0.25, -0.2) is 4.98 Å². The molecule has 3 rings (SSSR count). The second kappa shape index (κ2) is 5.20. The lowest BCUT2D eigenvalue weighted by molar-refractivity contribution is -0.126. The van der Waals surface area contributed by atoms with Gasteiger partial charge in [0.2, 0.25) is 5.91 Å². The number of amides is 1. The molecule has 2 aromatic rings. The number of aromatic nitrogens is 3. The number of carbonyl (C=O) groups excluding carboxylic acids is 1. The van der Waals surface area contributed by atoms with E-state index in [9.17, 15) is 9.59 Å². The summed E-state index contributed by atoms with van der Waals surface area (Å²) in [5.74, 6) is 1.11. The first-order chi connectivity index (χ1) is 10.1. The quantitative estimate of drug-likeness (QED) is 0.835. The molecule has 21 heavy (non-hydrogen) atoms. The first kappa shape index (κ1) is 13.6. The van der Waals surface area contributed by atoms with Crippen LogP contribution in [0, 0.1) is 5.92 Å². The molecule has 1 unspecified atom stereocenters. The number of carbonyl (C=O) groups is 1. The van der Waals surface area contributed by atoms with Crippen molar-refractivity contribution < 1.29 is 4.79 Å². The molecule has 1 aliphatic heterocycles. The van der Waals surface area contributed by atoms with E-state index in [2.05, 4.69) is 4.98 Å². The van der Waals surface area contributed by atoms with Gasteiger partial charge in [-0.05, 0) is 12.1 Å². The first-order valence-electron chi connectivity index (χ1n) is 6.97. The summed E-state index contributed by atoms with van der Waals surface area (Å²) in [5, 5.41) is 0. The molecule has 0 N–H and O–H groups in total. The van der Waals surface area contributed by atoms with Crippen LogP contribution in [0.15, 0.2) is 35.5 Å². The maximum Gasteiger partial charge on any atom is 0.261 e. The lowest BCUT2D eigenvalue weighted by atomic mass is 10.1. The van der Waals surface area contributed by atoms with Crippen LogP contribution in [-0.2, 0) is 18.4 Å². The fraction of sp³-hybridized carbons (Fsp3) is 0.400. The smallest absolute Gasteiger partial charge is 0.261 e. The van der Waals surface area contributed by atoms with Crippen LogP contribution in [0.1, 0.15) is 6.42 Å². The summed E-state index contributed by atoms with van der Waals surface area (Å²) >= 11 is 0. The van der Waals surface area contributed by atoms with Crippen molar-refractivity contribution in [1.82, 2.24) is 19.0 Å². The SMILES string of the molecule is CN1CC(Cn2ccnc2-c2cccn(C)c2=O)CC1=O. The largest absolute Gasteiger partial charge is 0.345 e. The lowest BCUT2D eigenvalue weighted by Gasteiger charge is -2.13. The fourth-order valence-corrected chi connectivity index (χ4v) is 2.83. The predicted octanol–water partition coefficient (Wildman–Crippen LogP) is 0.727. The number of rotatable bonds is 3. The Labute approximate surface area is 122 Å². The molecule has 2 aromatic heterocycles. The summed E-state index contributed by atoms with van der Waals surface area (Å²) in [6.45, 7) is 1.45. The average Bonchev–Trinajstić information content (AvgIpc) is 3.01. The highest BCUT2D eigenvalue weighted by molar-refractivity contribution is 5.78. The fourth-order valence-electron chi connectivity index (χ4n) is 2.83. The van der Waals surface area contributed by atoms with Crippen molar-refractivity contribution in [2.45, 2.75) is 13.0 Å². The van der Waals surface area contributed by atoms with Crippen molar-refractivity contribution in [3.63, 3.8) is 0 Å². The van der Waals surface area contributed by atoms with E-state index in [0.717, 1.165) is 6.54 Å². The van der Waals surface area contributed by atoms with E-state index >= 15 is 0 Å². The zero-order valence-electron chi connectivity index (χ0n) is 12.2. The van der Waals surface area contributed by atoms with Gasteiger partial charge in [0.1, 0.15) is 5.82 Å². The molecule has 3 heterocycles. The van der Waals surface area contributed by atoms with E-state index in [1.165, 1.54) is 0 Å². The van der Waals surface area contributed by atoms with E-state index in [4.69, 9.17) is 0 Å². The number of pyridine rings is 1. The Morgan fingerprint density at radius 3 is 2.81 bits per heavy atom. The Balaban J connectivity index is 1.90. The Kier molecular flexibility index (Phi) is 3.37. The standard InChI is InChI=1S/C15H18N4O2/c1-17-6-3-4-12(15(17)21)14-16-5-7-19(14)10-11-8-13(20)18(2)9-11/h3-7,11H,8-10H2,1-2H3. The Hall–Kier alpha value is -2.37. The van der Waals surface area contributed by atoms with Crippen molar-refractivity contribution in [3.8, 4) is 11.4 Å². The summed E-state index contributed by atoms with van der Waals surface area (Å²) in [5.41, 5.74) is 0.521. The van der Waals surface area contributed by atoms with Crippen molar-refractivity contribution in [1.29, 1.82) is 0 Å². The number of hydrogen-bond acceptors (Lipinski definition) is 3. The Bertz CT molecular complexity index is 731. The number of hydrogen-bond donors (Lipinski definition) is 0. The van der Waals surface area contributed by atoms with Gasteiger partial charge < -0.3 is 14.0 Å². The van der Waals surface area contributed by atoms with Crippen molar-refractivity contribution in [3.05, 3.63) is 41.1 Å². The topological polar surface area (TPSA) is 60.1 Å². The van der Waals surface area contributed by atoms with Gasteiger partial charge in [0.05, 0.1) is 5.56 Å². The number of aryl methyl sites for hydroxylation is 1. The minimum atomic E-state index is -0.0652. The van der Waals surface area contributed by atoms with E-state index in [0.29, 0.717) is 24.4 Å². The molecule has 0 bridgehead atoms. The van der Waals surface area contributed by atoms with Crippen LogP contribution >= 0.6 is 0 Å². The van der Waals surface area contributed by atoms with Gasteiger partial charge in [-0.15, -0.1) is 0 Å². The van der Waals surface area contributed by atoms with Gasteiger partial charge in [-0.3, -0.25) is 9.59 Å². The molecule has 6 heteroatoms. The molecule has 0 saturated carbocycles. The summed E-state index contributed by atoms with van der Waals surface area (Å²) < 4.78 is 3.51. The van der Waals surface area contributed by atoms with Gasteiger partial charge in [-0.2, -0.15) is 0 Å². The second-order valence-electron chi connectivity index (χ2n) is 5.59. The molecule has 1 aliphatic rings. The molecule has 0 radical (unpaired) electrons. The van der Waals surface area contributed by atoms with Crippen LogP contribution in [0.3, 0.4) is 0 Å². The second-order valence-corrected chi connectivity index (χ2v) is 5.59. The Morgan fingerprint density at radius 1 is 1.29 bits per heavy atom. The molecule has 0 aromatic carbocycles. The molecular weight excluding hydrogens is 268 g/mol. The molecule has 0 spiro atoms. The van der Waals surface area contributed by atoms with Crippen molar-refractivity contribution >= 4 is 5.91 Å². The normalized spacial score (nSPS) is 18.5. The highest BCUT2D eigenvalue weighted by Crippen LogP contribution is 2.21. The zero-order valence-corrected chi connectivity index (χ0v) is 12.2. The molecule has 110 valence electrons. The van der Waals surface area contributed by atoms with Crippen LogP contribution in [0.2, 0.25) is 0 Å². The molecule has 0 aliphatic carbocycles. The molecule has 1 amide bonds. The van der Waals surface area contributed by atoms with Crippen LogP contribution < -0.4 is 5.56 Å². The highest BCUT2D eigenvalue weighted by atomic mass is 16.2. The zero-order chi connectivity index (χ0) is 15.0. The maximum atomic E-state index is 12.2. The third-order valence-corrected chi connectivity index (χ3v) is 3.96. The molecule has 1 fully saturated rings. The van der Waals surface area contributed by atoms with Gasteiger partial charge >= 0.3 is 0 Å². The summed E-state index contributed by atoms with van der Waals surface area (Å²) in [6.07, 6.45) is 5.84. The van der Waals surface area contributed by atoms with Crippen LogP contribution in [0.4, 0.5) is 0 Å².